The molecule has 1 saturated heterocycles. The van der Waals surface area contributed by atoms with Crippen LogP contribution in [0, 0.1) is 0 Å². The van der Waals surface area contributed by atoms with E-state index in [0.29, 0.717) is 18.2 Å². The standard InChI is InChI=1S/C23H25F2N3O3/c1-30-18-6-7-21-19(12-18)20(13-26-21)15-8-10-28(11-9-15)14-22(29)27-16-2-4-17(5-3-16)31-23(24)25/h2-7,12-13,15,23,26H,8-11,14H2,1H3,(H,27,29). The monoisotopic (exact) mass is 429 g/mol. The van der Waals surface area contributed by atoms with E-state index in [9.17, 15) is 13.6 Å². The Bertz CT molecular complexity index is 1030. The van der Waals surface area contributed by atoms with Crippen molar-refractivity contribution in [2.75, 3.05) is 32.1 Å². The summed E-state index contributed by atoms with van der Waals surface area (Å²) in [7, 11) is 1.67. The number of aromatic nitrogens is 1. The average molecular weight is 429 g/mol. The van der Waals surface area contributed by atoms with Crippen molar-refractivity contribution in [2.24, 2.45) is 0 Å². The molecule has 8 heteroatoms. The SMILES string of the molecule is COc1ccc2[nH]cc(C3CCN(CC(=O)Nc4ccc(OC(F)F)cc4)CC3)c2c1. The maximum atomic E-state index is 12.4. The number of amides is 1. The molecule has 0 bridgehead atoms. The van der Waals surface area contributed by atoms with Crippen molar-refractivity contribution in [1.82, 2.24) is 9.88 Å². The lowest BCUT2D eigenvalue weighted by molar-refractivity contribution is -0.117. The molecule has 1 aliphatic heterocycles. The highest BCUT2D eigenvalue weighted by Gasteiger charge is 2.24. The van der Waals surface area contributed by atoms with Gasteiger partial charge < -0.3 is 19.8 Å². The lowest BCUT2D eigenvalue weighted by Crippen LogP contribution is -2.38. The van der Waals surface area contributed by atoms with Crippen LogP contribution >= 0.6 is 0 Å². The third kappa shape index (κ3) is 5.14. The molecule has 1 amide bonds. The van der Waals surface area contributed by atoms with Gasteiger partial charge in [-0.3, -0.25) is 9.69 Å². The molecule has 0 unspecified atom stereocenters. The van der Waals surface area contributed by atoms with E-state index in [1.807, 2.05) is 12.1 Å². The van der Waals surface area contributed by atoms with Crippen LogP contribution in [0.3, 0.4) is 0 Å². The van der Waals surface area contributed by atoms with Crippen LogP contribution in [0.25, 0.3) is 10.9 Å². The van der Waals surface area contributed by atoms with Gasteiger partial charge in [0.25, 0.3) is 0 Å². The summed E-state index contributed by atoms with van der Waals surface area (Å²) in [5.41, 5.74) is 2.95. The number of piperidine rings is 1. The molecule has 0 spiro atoms. The highest BCUT2D eigenvalue weighted by Crippen LogP contribution is 2.34. The topological polar surface area (TPSA) is 66.6 Å². The number of rotatable bonds is 7. The molecule has 6 nitrogen and oxygen atoms in total. The van der Waals surface area contributed by atoms with Gasteiger partial charge in [-0.1, -0.05) is 0 Å². The first-order valence-corrected chi connectivity index (χ1v) is 10.2. The summed E-state index contributed by atoms with van der Waals surface area (Å²) in [4.78, 5) is 17.8. The molecule has 0 aliphatic carbocycles. The predicted molar refractivity (Wildman–Crippen MR) is 115 cm³/mol. The number of aromatic amines is 1. The number of carbonyl (C=O) groups is 1. The largest absolute Gasteiger partial charge is 0.497 e. The molecule has 1 aromatic heterocycles. The number of anilines is 1. The summed E-state index contributed by atoms with van der Waals surface area (Å²) in [5, 5.41) is 3.99. The molecule has 0 atom stereocenters. The Labute approximate surface area is 179 Å². The number of fused-ring (bicyclic) bond motifs is 1. The van der Waals surface area contributed by atoms with Crippen LogP contribution in [0.15, 0.2) is 48.7 Å². The van der Waals surface area contributed by atoms with Gasteiger partial charge in [0.1, 0.15) is 11.5 Å². The summed E-state index contributed by atoms with van der Waals surface area (Å²) in [6.07, 6.45) is 4.02. The first-order valence-electron chi connectivity index (χ1n) is 10.2. The Balaban J connectivity index is 1.29. The van der Waals surface area contributed by atoms with Gasteiger partial charge in [-0.25, -0.2) is 0 Å². The maximum absolute atomic E-state index is 12.4. The minimum atomic E-state index is -2.87. The number of H-pyrrole nitrogens is 1. The van der Waals surface area contributed by atoms with Crippen molar-refractivity contribution in [3.8, 4) is 11.5 Å². The van der Waals surface area contributed by atoms with Crippen LogP contribution in [-0.4, -0.2) is 49.1 Å². The summed E-state index contributed by atoms with van der Waals surface area (Å²) < 4.78 is 34.1. The molecule has 2 heterocycles. The van der Waals surface area contributed by atoms with Gasteiger partial charge in [0, 0.05) is 22.8 Å². The van der Waals surface area contributed by atoms with Gasteiger partial charge in [0.2, 0.25) is 5.91 Å². The number of hydrogen-bond donors (Lipinski definition) is 2. The van der Waals surface area contributed by atoms with Crippen LogP contribution in [0.2, 0.25) is 0 Å². The molecule has 0 saturated carbocycles. The first-order chi connectivity index (χ1) is 15.0. The van der Waals surface area contributed by atoms with E-state index in [1.54, 1.807) is 19.2 Å². The number of nitrogens with one attached hydrogen (secondary N) is 2. The highest BCUT2D eigenvalue weighted by atomic mass is 19.3. The molecule has 1 fully saturated rings. The predicted octanol–water partition coefficient (Wildman–Crippen LogP) is 4.60. The molecule has 4 rings (SSSR count). The molecule has 2 N–H and O–H groups in total. The van der Waals surface area contributed by atoms with Crippen molar-refractivity contribution in [2.45, 2.75) is 25.4 Å². The van der Waals surface area contributed by atoms with Crippen LogP contribution in [0.5, 0.6) is 11.5 Å². The number of hydrogen-bond acceptors (Lipinski definition) is 4. The Morgan fingerprint density at radius 3 is 2.55 bits per heavy atom. The number of nitrogens with zero attached hydrogens (tertiary/aromatic N) is 1. The fourth-order valence-electron chi connectivity index (χ4n) is 4.11. The minimum absolute atomic E-state index is 0.0602. The van der Waals surface area contributed by atoms with Gasteiger partial charge in [-0.2, -0.15) is 8.78 Å². The van der Waals surface area contributed by atoms with Crippen molar-refractivity contribution in [3.63, 3.8) is 0 Å². The van der Waals surface area contributed by atoms with E-state index in [0.717, 1.165) is 37.2 Å². The Kier molecular flexibility index (Phi) is 6.36. The third-order valence-corrected chi connectivity index (χ3v) is 5.68. The fourth-order valence-corrected chi connectivity index (χ4v) is 4.11. The van der Waals surface area contributed by atoms with Crippen LogP contribution in [0.4, 0.5) is 14.5 Å². The molecule has 31 heavy (non-hydrogen) atoms. The van der Waals surface area contributed by atoms with E-state index in [2.05, 4.69) is 32.2 Å². The quantitative estimate of drug-likeness (QED) is 0.576. The lowest BCUT2D eigenvalue weighted by Gasteiger charge is -2.31. The van der Waals surface area contributed by atoms with E-state index in [4.69, 9.17) is 4.74 Å². The second kappa shape index (κ2) is 9.34. The zero-order valence-corrected chi connectivity index (χ0v) is 17.2. The number of benzene rings is 2. The van der Waals surface area contributed by atoms with Gasteiger partial charge in [-0.05, 0) is 79.9 Å². The summed E-state index contributed by atoms with van der Waals surface area (Å²) >= 11 is 0. The zero-order chi connectivity index (χ0) is 21.8. The number of carbonyl (C=O) groups excluding carboxylic acids is 1. The number of alkyl halides is 2. The highest BCUT2D eigenvalue weighted by molar-refractivity contribution is 5.92. The second-order valence-corrected chi connectivity index (χ2v) is 7.66. The van der Waals surface area contributed by atoms with Crippen molar-refractivity contribution < 1.29 is 23.0 Å². The molecule has 3 aromatic rings. The first kappa shape index (κ1) is 21.1. The number of methoxy groups -OCH3 is 1. The number of ether oxygens (including phenoxy) is 2. The molecular weight excluding hydrogens is 404 g/mol. The van der Waals surface area contributed by atoms with Crippen molar-refractivity contribution >= 4 is 22.5 Å². The van der Waals surface area contributed by atoms with E-state index >= 15 is 0 Å². The normalized spacial score (nSPS) is 15.4. The Morgan fingerprint density at radius 2 is 1.87 bits per heavy atom. The smallest absolute Gasteiger partial charge is 0.387 e. The average Bonchev–Trinajstić information content (AvgIpc) is 3.18. The van der Waals surface area contributed by atoms with E-state index < -0.39 is 6.61 Å². The summed E-state index contributed by atoms with van der Waals surface area (Å²) in [6, 6.07) is 12.0. The number of halogens is 2. The minimum Gasteiger partial charge on any atom is -0.497 e. The molecule has 2 aromatic carbocycles. The van der Waals surface area contributed by atoms with E-state index in [-0.39, 0.29) is 11.7 Å². The molecular formula is C23H25F2N3O3. The molecule has 164 valence electrons. The van der Waals surface area contributed by atoms with Gasteiger partial charge in [0.15, 0.2) is 0 Å². The third-order valence-electron chi connectivity index (χ3n) is 5.68. The van der Waals surface area contributed by atoms with Crippen LogP contribution in [-0.2, 0) is 4.79 Å². The Morgan fingerprint density at radius 1 is 1.16 bits per heavy atom. The second-order valence-electron chi connectivity index (χ2n) is 7.66. The molecule has 1 aliphatic rings. The van der Waals surface area contributed by atoms with Gasteiger partial charge in [-0.15, -0.1) is 0 Å². The van der Waals surface area contributed by atoms with Crippen molar-refractivity contribution in [1.29, 1.82) is 0 Å². The van der Waals surface area contributed by atoms with Crippen LogP contribution < -0.4 is 14.8 Å². The maximum Gasteiger partial charge on any atom is 0.387 e. The Hall–Kier alpha value is -3.13. The summed E-state index contributed by atoms with van der Waals surface area (Å²) in [6.45, 7) is -0.912. The fraction of sp³-hybridized carbons (Fsp3) is 0.348. The van der Waals surface area contributed by atoms with Crippen molar-refractivity contribution in [3.05, 3.63) is 54.2 Å². The van der Waals surface area contributed by atoms with E-state index in [1.165, 1.54) is 23.1 Å². The van der Waals surface area contributed by atoms with Crippen LogP contribution in [0.1, 0.15) is 24.3 Å². The van der Waals surface area contributed by atoms with Gasteiger partial charge >= 0.3 is 6.61 Å². The zero-order valence-electron chi connectivity index (χ0n) is 17.2. The number of likely N-dealkylation sites (tertiary alicyclic amines) is 1. The van der Waals surface area contributed by atoms with Gasteiger partial charge in [0.05, 0.1) is 13.7 Å². The molecule has 0 radical (unpaired) electrons. The summed E-state index contributed by atoms with van der Waals surface area (Å²) in [5.74, 6) is 1.21. The lowest BCUT2D eigenvalue weighted by atomic mass is 9.89.